The molecule has 1 amide bonds. The van der Waals surface area contributed by atoms with E-state index in [0.717, 1.165) is 0 Å². The monoisotopic (exact) mass is 222 g/mol. The molecule has 9 heteroatoms. The third-order valence-corrected chi connectivity index (χ3v) is 1.90. The molecule has 2 aromatic heterocycles. The van der Waals surface area contributed by atoms with Crippen molar-refractivity contribution in [3.8, 4) is 0 Å². The zero-order valence-electron chi connectivity index (χ0n) is 8.53. The van der Waals surface area contributed by atoms with Crippen molar-refractivity contribution < 1.29 is 4.79 Å². The molecule has 0 saturated carbocycles. The predicted octanol–water partition coefficient (Wildman–Crippen LogP) is -1.33. The number of aromatic amines is 1. The van der Waals surface area contributed by atoms with E-state index in [0.29, 0.717) is 5.82 Å². The Bertz CT molecular complexity index is 435. The van der Waals surface area contributed by atoms with Crippen LogP contribution in [0, 0.1) is 0 Å². The van der Waals surface area contributed by atoms with Crippen molar-refractivity contribution in [2.24, 2.45) is 0 Å². The van der Waals surface area contributed by atoms with Crippen LogP contribution in [0.2, 0.25) is 0 Å². The highest BCUT2D eigenvalue weighted by atomic mass is 16.2. The van der Waals surface area contributed by atoms with E-state index < -0.39 is 0 Å². The van der Waals surface area contributed by atoms with Gasteiger partial charge in [0.15, 0.2) is 5.82 Å². The van der Waals surface area contributed by atoms with Gasteiger partial charge in [0.1, 0.15) is 6.54 Å². The average Bonchev–Trinajstić information content (AvgIpc) is 2.88. The van der Waals surface area contributed by atoms with Crippen LogP contribution in [0.4, 0.5) is 0 Å². The number of tetrazole rings is 1. The Labute approximate surface area is 90.2 Å². The normalized spacial score (nSPS) is 12.3. The third-order valence-electron chi connectivity index (χ3n) is 1.90. The maximum Gasteiger partial charge on any atom is 0.242 e. The standard InChI is InChI=1S/C7H10N8O/c1-5(7-10-12-13-11-7)9-6(16)4-15-3-2-8-14-15/h2-3,5H,4H2,1H3,(H,9,16)(H,10,11,12,13). The Morgan fingerprint density at radius 2 is 2.56 bits per heavy atom. The fourth-order valence-electron chi connectivity index (χ4n) is 1.17. The lowest BCUT2D eigenvalue weighted by atomic mass is 10.3. The van der Waals surface area contributed by atoms with E-state index in [9.17, 15) is 4.79 Å². The van der Waals surface area contributed by atoms with Gasteiger partial charge in [0.25, 0.3) is 0 Å². The van der Waals surface area contributed by atoms with E-state index in [-0.39, 0.29) is 18.5 Å². The summed E-state index contributed by atoms with van der Waals surface area (Å²) in [6, 6.07) is -0.297. The van der Waals surface area contributed by atoms with E-state index in [2.05, 4.69) is 36.3 Å². The van der Waals surface area contributed by atoms with Gasteiger partial charge in [-0.25, -0.2) is 4.68 Å². The molecular weight excluding hydrogens is 212 g/mol. The zero-order chi connectivity index (χ0) is 11.4. The molecule has 2 N–H and O–H groups in total. The van der Waals surface area contributed by atoms with Gasteiger partial charge in [-0.1, -0.05) is 10.4 Å². The van der Waals surface area contributed by atoms with E-state index in [1.54, 1.807) is 13.1 Å². The first-order chi connectivity index (χ1) is 7.75. The summed E-state index contributed by atoms with van der Waals surface area (Å²) in [5.41, 5.74) is 0. The maximum atomic E-state index is 11.5. The Balaban J connectivity index is 1.88. The van der Waals surface area contributed by atoms with E-state index in [1.165, 1.54) is 10.9 Å². The maximum absolute atomic E-state index is 11.5. The molecular formula is C7H10N8O. The topological polar surface area (TPSA) is 114 Å². The van der Waals surface area contributed by atoms with Gasteiger partial charge in [-0.3, -0.25) is 4.79 Å². The van der Waals surface area contributed by atoms with Crippen molar-refractivity contribution in [3.63, 3.8) is 0 Å². The summed E-state index contributed by atoms with van der Waals surface area (Å²) in [5.74, 6) is 0.245. The van der Waals surface area contributed by atoms with Crippen molar-refractivity contribution in [1.29, 1.82) is 0 Å². The molecule has 1 unspecified atom stereocenters. The molecule has 0 radical (unpaired) electrons. The first kappa shape index (κ1) is 10.2. The van der Waals surface area contributed by atoms with Crippen LogP contribution < -0.4 is 5.32 Å². The van der Waals surface area contributed by atoms with Gasteiger partial charge in [0, 0.05) is 6.20 Å². The first-order valence-corrected chi connectivity index (χ1v) is 4.62. The second-order valence-electron chi connectivity index (χ2n) is 3.16. The summed E-state index contributed by atoms with van der Waals surface area (Å²) in [6.45, 7) is 1.88. The number of hydrogen-bond donors (Lipinski definition) is 2. The van der Waals surface area contributed by atoms with Crippen LogP contribution in [0.5, 0.6) is 0 Å². The third kappa shape index (κ3) is 2.38. The van der Waals surface area contributed by atoms with Gasteiger partial charge in [0.2, 0.25) is 5.91 Å². The summed E-state index contributed by atoms with van der Waals surface area (Å²) in [4.78, 5) is 11.5. The lowest BCUT2D eigenvalue weighted by Gasteiger charge is -2.09. The summed E-state index contributed by atoms with van der Waals surface area (Å²) in [5, 5.41) is 23.3. The van der Waals surface area contributed by atoms with Gasteiger partial charge < -0.3 is 5.32 Å². The molecule has 1 atom stereocenters. The quantitative estimate of drug-likeness (QED) is 0.662. The number of rotatable bonds is 4. The highest BCUT2D eigenvalue weighted by Crippen LogP contribution is 2.02. The second-order valence-corrected chi connectivity index (χ2v) is 3.16. The number of nitrogens with one attached hydrogen (secondary N) is 2. The minimum absolute atomic E-state index is 0.113. The van der Waals surface area contributed by atoms with Gasteiger partial charge in [-0.05, 0) is 6.92 Å². The van der Waals surface area contributed by atoms with Crippen LogP contribution >= 0.6 is 0 Å². The SMILES string of the molecule is CC(NC(=O)Cn1ccnn1)c1nn[nH]n1. The number of carbonyl (C=O) groups is 1. The number of aromatic nitrogens is 7. The van der Waals surface area contributed by atoms with Crippen molar-refractivity contribution in [2.45, 2.75) is 19.5 Å². The molecule has 2 rings (SSSR count). The van der Waals surface area contributed by atoms with Crippen LogP contribution in [0.15, 0.2) is 12.4 Å². The molecule has 2 aromatic rings. The molecule has 0 aliphatic carbocycles. The summed E-state index contributed by atoms with van der Waals surface area (Å²) >= 11 is 0. The average molecular weight is 222 g/mol. The predicted molar refractivity (Wildman–Crippen MR) is 50.8 cm³/mol. The Morgan fingerprint density at radius 3 is 3.19 bits per heavy atom. The van der Waals surface area contributed by atoms with Crippen molar-refractivity contribution >= 4 is 5.91 Å². The molecule has 0 saturated heterocycles. The summed E-state index contributed by atoms with van der Waals surface area (Å²) in [6.07, 6.45) is 3.12. The Hall–Kier alpha value is -2.32. The zero-order valence-corrected chi connectivity index (χ0v) is 8.53. The molecule has 0 spiro atoms. The first-order valence-electron chi connectivity index (χ1n) is 4.62. The van der Waals surface area contributed by atoms with Gasteiger partial charge in [-0.2, -0.15) is 5.21 Å². The minimum Gasteiger partial charge on any atom is -0.345 e. The van der Waals surface area contributed by atoms with E-state index in [1.807, 2.05) is 0 Å². The van der Waals surface area contributed by atoms with Gasteiger partial charge >= 0.3 is 0 Å². The number of hydrogen-bond acceptors (Lipinski definition) is 6. The fraction of sp³-hybridized carbons (Fsp3) is 0.429. The number of H-pyrrole nitrogens is 1. The van der Waals surface area contributed by atoms with Crippen molar-refractivity contribution in [3.05, 3.63) is 18.2 Å². The van der Waals surface area contributed by atoms with E-state index >= 15 is 0 Å². The molecule has 16 heavy (non-hydrogen) atoms. The molecule has 2 heterocycles. The summed E-state index contributed by atoms with van der Waals surface area (Å²) < 4.78 is 1.43. The van der Waals surface area contributed by atoms with E-state index in [4.69, 9.17) is 0 Å². The molecule has 0 aliphatic heterocycles. The van der Waals surface area contributed by atoms with Crippen LogP contribution in [-0.4, -0.2) is 41.5 Å². The smallest absolute Gasteiger partial charge is 0.242 e. The number of carbonyl (C=O) groups excluding carboxylic acids is 1. The van der Waals surface area contributed by atoms with Crippen LogP contribution in [0.25, 0.3) is 0 Å². The lowest BCUT2D eigenvalue weighted by Crippen LogP contribution is -2.30. The fourth-order valence-corrected chi connectivity index (χ4v) is 1.17. The van der Waals surface area contributed by atoms with Crippen molar-refractivity contribution in [1.82, 2.24) is 40.9 Å². The van der Waals surface area contributed by atoms with Crippen molar-refractivity contribution in [2.75, 3.05) is 0 Å². The largest absolute Gasteiger partial charge is 0.345 e. The molecule has 84 valence electrons. The van der Waals surface area contributed by atoms with Crippen LogP contribution in [-0.2, 0) is 11.3 Å². The number of nitrogens with zero attached hydrogens (tertiary/aromatic N) is 6. The lowest BCUT2D eigenvalue weighted by molar-refractivity contribution is -0.122. The highest BCUT2D eigenvalue weighted by Gasteiger charge is 2.13. The number of amides is 1. The molecule has 0 aromatic carbocycles. The molecule has 0 fully saturated rings. The Kier molecular flexibility index (Phi) is 2.85. The van der Waals surface area contributed by atoms with Gasteiger partial charge in [-0.15, -0.1) is 15.3 Å². The second kappa shape index (κ2) is 4.47. The highest BCUT2D eigenvalue weighted by molar-refractivity contribution is 5.75. The molecule has 9 nitrogen and oxygen atoms in total. The summed E-state index contributed by atoms with van der Waals surface area (Å²) in [7, 11) is 0. The van der Waals surface area contributed by atoms with Gasteiger partial charge in [0.05, 0.1) is 12.2 Å². The van der Waals surface area contributed by atoms with Crippen LogP contribution in [0.3, 0.4) is 0 Å². The van der Waals surface area contributed by atoms with Crippen LogP contribution in [0.1, 0.15) is 18.8 Å². The minimum atomic E-state index is -0.297. The molecule has 0 bridgehead atoms. The molecule has 0 aliphatic rings. The Morgan fingerprint density at radius 1 is 1.69 bits per heavy atom.